The zero-order valence-electron chi connectivity index (χ0n) is 7.43. The molecule has 0 aliphatic rings. The highest BCUT2D eigenvalue weighted by Gasteiger charge is 1.97. The van der Waals surface area contributed by atoms with Crippen molar-refractivity contribution in [3.8, 4) is 0 Å². The van der Waals surface area contributed by atoms with E-state index in [1.807, 2.05) is 32.0 Å². The van der Waals surface area contributed by atoms with E-state index in [9.17, 15) is 0 Å². The SMILES string of the molecule is CCOCc1ccc(Cl)cc1C. The molecule has 0 amide bonds. The molecule has 0 N–H and O–H groups in total. The van der Waals surface area contributed by atoms with Crippen molar-refractivity contribution < 1.29 is 4.74 Å². The van der Waals surface area contributed by atoms with Crippen molar-refractivity contribution in [2.75, 3.05) is 6.61 Å². The van der Waals surface area contributed by atoms with Crippen LogP contribution in [0.15, 0.2) is 18.2 Å². The van der Waals surface area contributed by atoms with Gasteiger partial charge in [0.05, 0.1) is 6.61 Å². The Hall–Kier alpha value is -0.530. The van der Waals surface area contributed by atoms with Crippen LogP contribution in [0.3, 0.4) is 0 Å². The number of halogens is 1. The number of hydrogen-bond acceptors (Lipinski definition) is 1. The molecule has 0 saturated carbocycles. The Morgan fingerprint density at radius 3 is 2.75 bits per heavy atom. The predicted octanol–water partition coefficient (Wildman–Crippen LogP) is 3.18. The van der Waals surface area contributed by atoms with E-state index < -0.39 is 0 Å². The molecule has 66 valence electrons. The van der Waals surface area contributed by atoms with Crippen LogP contribution in [0.25, 0.3) is 0 Å². The van der Waals surface area contributed by atoms with Crippen LogP contribution in [0.5, 0.6) is 0 Å². The van der Waals surface area contributed by atoms with E-state index in [1.54, 1.807) is 0 Å². The third-order valence-electron chi connectivity index (χ3n) is 1.77. The predicted molar refractivity (Wildman–Crippen MR) is 51.5 cm³/mol. The first kappa shape index (κ1) is 9.56. The molecular weight excluding hydrogens is 172 g/mol. The standard InChI is InChI=1S/C10H13ClO/c1-3-12-7-9-4-5-10(11)6-8(9)2/h4-6H,3,7H2,1-2H3. The molecule has 0 aliphatic heterocycles. The first-order valence-electron chi connectivity index (χ1n) is 4.07. The number of aryl methyl sites for hydroxylation is 1. The lowest BCUT2D eigenvalue weighted by Gasteiger charge is -2.05. The van der Waals surface area contributed by atoms with E-state index in [2.05, 4.69) is 0 Å². The number of ether oxygens (including phenoxy) is 1. The summed E-state index contributed by atoms with van der Waals surface area (Å²) in [5, 5.41) is 0.785. The van der Waals surface area contributed by atoms with Crippen molar-refractivity contribution in [2.24, 2.45) is 0 Å². The average Bonchev–Trinajstić information content (AvgIpc) is 2.03. The molecule has 2 heteroatoms. The Morgan fingerprint density at radius 2 is 2.17 bits per heavy atom. The van der Waals surface area contributed by atoms with Gasteiger partial charge in [-0.05, 0) is 37.1 Å². The molecule has 0 spiro atoms. The molecule has 0 aromatic heterocycles. The molecule has 0 radical (unpaired) electrons. The summed E-state index contributed by atoms with van der Waals surface area (Å²) in [5.41, 5.74) is 2.40. The van der Waals surface area contributed by atoms with Gasteiger partial charge in [0.2, 0.25) is 0 Å². The first-order valence-corrected chi connectivity index (χ1v) is 4.44. The zero-order valence-corrected chi connectivity index (χ0v) is 8.19. The van der Waals surface area contributed by atoms with Gasteiger partial charge in [0.1, 0.15) is 0 Å². The van der Waals surface area contributed by atoms with Gasteiger partial charge in [0.25, 0.3) is 0 Å². The molecule has 0 saturated heterocycles. The minimum Gasteiger partial charge on any atom is -0.377 e. The summed E-state index contributed by atoms with van der Waals surface area (Å²) in [7, 11) is 0. The maximum Gasteiger partial charge on any atom is 0.0719 e. The maximum atomic E-state index is 5.81. The van der Waals surface area contributed by atoms with Gasteiger partial charge in [-0.2, -0.15) is 0 Å². The topological polar surface area (TPSA) is 9.23 Å². The van der Waals surface area contributed by atoms with Crippen LogP contribution < -0.4 is 0 Å². The quantitative estimate of drug-likeness (QED) is 0.701. The van der Waals surface area contributed by atoms with Crippen molar-refractivity contribution in [1.29, 1.82) is 0 Å². The molecule has 0 aliphatic carbocycles. The van der Waals surface area contributed by atoms with Gasteiger partial charge in [-0.25, -0.2) is 0 Å². The molecule has 0 atom stereocenters. The summed E-state index contributed by atoms with van der Waals surface area (Å²) < 4.78 is 5.30. The Bertz CT molecular complexity index is 258. The number of benzene rings is 1. The fourth-order valence-electron chi connectivity index (χ4n) is 1.03. The van der Waals surface area contributed by atoms with Gasteiger partial charge in [-0.15, -0.1) is 0 Å². The fraction of sp³-hybridized carbons (Fsp3) is 0.400. The molecule has 1 rings (SSSR count). The van der Waals surface area contributed by atoms with Gasteiger partial charge in [-0.1, -0.05) is 17.7 Å². The van der Waals surface area contributed by atoms with Crippen LogP contribution in [0.2, 0.25) is 5.02 Å². The largest absolute Gasteiger partial charge is 0.377 e. The number of rotatable bonds is 3. The maximum absolute atomic E-state index is 5.81. The second-order valence-electron chi connectivity index (χ2n) is 2.71. The minimum absolute atomic E-state index is 0.680. The van der Waals surface area contributed by atoms with Gasteiger partial charge in [0.15, 0.2) is 0 Å². The third kappa shape index (κ3) is 2.50. The van der Waals surface area contributed by atoms with Gasteiger partial charge >= 0.3 is 0 Å². The van der Waals surface area contributed by atoms with Crippen LogP contribution in [-0.2, 0) is 11.3 Å². The van der Waals surface area contributed by atoms with Gasteiger partial charge in [0, 0.05) is 11.6 Å². The number of hydrogen-bond donors (Lipinski definition) is 0. The molecule has 0 bridgehead atoms. The van der Waals surface area contributed by atoms with Crippen LogP contribution in [0.4, 0.5) is 0 Å². The molecule has 0 heterocycles. The lowest BCUT2D eigenvalue weighted by Crippen LogP contribution is -1.94. The molecular formula is C10H13ClO. The second kappa shape index (κ2) is 4.48. The molecule has 1 nitrogen and oxygen atoms in total. The van der Waals surface area contributed by atoms with E-state index >= 15 is 0 Å². The summed E-state index contributed by atoms with van der Waals surface area (Å²) in [6, 6.07) is 5.85. The molecule has 1 aromatic carbocycles. The summed E-state index contributed by atoms with van der Waals surface area (Å²) in [6.07, 6.45) is 0. The minimum atomic E-state index is 0.680. The van der Waals surface area contributed by atoms with E-state index in [1.165, 1.54) is 11.1 Å². The zero-order chi connectivity index (χ0) is 8.97. The van der Waals surface area contributed by atoms with Crippen molar-refractivity contribution >= 4 is 11.6 Å². The summed E-state index contributed by atoms with van der Waals surface area (Å²) >= 11 is 5.81. The van der Waals surface area contributed by atoms with E-state index in [4.69, 9.17) is 16.3 Å². The first-order chi connectivity index (χ1) is 5.74. The summed E-state index contributed by atoms with van der Waals surface area (Å²) in [5.74, 6) is 0. The van der Waals surface area contributed by atoms with Crippen molar-refractivity contribution in [2.45, 2.75) is 20.5 Å². The highest BCUT2D eigenvalue weighted by molar-refractivity contribution is 6.30. The normalized spacial score (nSPS) is 10.2. The lowest BCUT2D eigenvalue weighted by atomic mass is 10.1. The second-order valence-corrected chi connectivity index (χ2v) is 3.14. The highest BCUT2D eigenvalue weighted by atomic mass is 35.5. The molecule has 0 unspecified atom stereocenters. The van der Waals surface area contributed by atoms with Crippen molar-refractivity contribution in [1.82, 2.24) is 0 Å². The summed E-state index contributed by atoms with van der Waals surface area (Å²) in [4.78, 5) is 0. The Kier molecular flexibility index (Phi) is 3.57. The average molecular weight is 185 g/mol. The van der Waals surface area contributed by atoms with Gasteiger partial charge < -0.3 is 4.74 Å². The fourth-order valence-corrected chi connectivity index (χ4v) is 1.26. The third-order valence-corrected chi connectivity index (χ3v) is 2.00. The van der Waals surface area contributed by atoms with Crippen molar-refractivity contribution in [3.63, 3.8) is 0 Å². The van der Waals surface area contributed by atoms with Gasteiger partial charge in [-0.3, -0.25) is 0 Å². The molecule has 12 heavy (non-hydrogen) atoms. The monoisotopic (exact) mass is 184 g/mol. The van der Waals surface area contributed by atoms with E-state index in [0.717, 1.165) is 11.6 Å². The highest BCUT2D eigenvalue weighted by Crippen LogP contribution is 2.15. The van der Waals surface area contributed by atoms with Crippen LogP contribution in [0, 0.1) is 6.92 Å². The van der Waals surface area contributed by atoms with Crippen LogP contribution in [-0.4, -0.2) is 6.61 Å². The molecule has 0 fully saturated rings. The van der Waals surface area contributed by atoms with Crippen LogP contribution in [0.1, 0.15) is 18.1 Å². The molecule has 1 aromatic rings. The van der Waals surface area contributed by atoms with Crippen LogP contribution >= 0.6 is 11.6 Å². The Labute approximate surface area is 78.3 Å². The Balaban J connectivity index is 2.72. The summed E-state index contributed by atoms with van der Waals surface area (Å²) in [6.45, 7) is 5.47. The smallest absolute Gasteiger partial charge is 0.0719 e. The Morgan fingerprint density at radius 1 is 1.42 bits per heavy atom. The van der Waals surface area contributed by atoms with E-state index in [0.29, 0.717) is 6.61 Å². The lowest BCUT2D eigenvalue weighted by molar-refractivity contribution is 0.133. The van der Waals surface area contributed by atoms with Crippen molar-refractivity contribution in [3.05, 3.63) is 34.3 Å². The van der Waals surface area contributed by atoms with E-state index in [-0.39, 0.29) is 0 Å².